The number of halogens is 2. The van der Waals surface area contributed by atoms with Gasteiger partial charge in [-0.15, -0.1) is 0 Å². The number of carbonyl (C=O) groups excluding carboxylic acids is 3. The van der Waals surface area contributed by atoms with Crippen molar-refractivity contribution in [3.63, 3.8) is 0 Å². The summed E-state index contributed by atoms with van der Waals surface area (Å²) in [5.74, 6) is -0.263. The van der Waals surface area contributed by atoms with Crippen LogP contribution in [0.5, 0.6) is 0 Å². The molecule has 0 bridgehead atoms. The Morgan fingerprint density at radius 1 is 1.34 bits per heavy atom. The quantitative estimate of drug-likeness (QED) is 0.224. The molecule has 2 amide bonds. The van der Waals surface area contributed by atoms with Gasteiger partial charge in [0.2, 0.25) is 5.91 Å². The maximum atomic E-state index is 14.0. The standard InChI is InChI=1S/C21H13ClFN5O3S.C4H11NS/c22-13-6-5-10(23)7-12(13)17-19-20(24-15(9-29)28(19)8-16(30)25-17)26-21(31)18-11-3-1-2-4-14(11)32-27-18;1-5-3-4-6-2/h1-7,9,17H,8H2,(H,25,30)(H,26,31);5H,3-4H2,1-2H3. The molecule has 1 atom stereocenters. The zero-order valence-corrected chi connectivity index (χ0v) is 22.8. The Bertz CT molecular complexity index is 1490. The van der Waals surface area contributed by atoms with Gasteiger partial charge in [0.1, 0.15) is 18.1 Å². The summed E-state index contributed by atoms with van der Waals surface area (Å²) in [6, 6.07) is 10.1. The smallest absolute Gasteiger partial charge is 0.277 e. The molecular weight excluding hydrogens is 551 g/mol. The number of benzene rings is 2. The van der Waals surface area contributed by atoms with Crippen LogP contribution in [0.15, 0.2) is 42.5 Å². The Hall–Kier alpha value is -3.32. The summed E-state index contributed by atoms with van der Waals surface area (Å²) in [6.45, 7) is 0.941. The molecule has 38 heavy (non-hydrogen) atoms. The van der Waals surface area contributed by atoms with Gasteiger partial charge in [0.15, 0.2) is 17.9 Å². The van der Waals surface area contributed by atoms with E-state index in [2.05, 4.69) is 31.6 Å². The van der Waals surface area contributed by atoms with E-state index in [9.17, 15) is 18.8 Å². The van der Waals surface area contributed by atoms with Crippen molar-refractivity contribution in [2.24, 2.45) is 0 Å². The molecule has 198 valence electrons. The Morgan fingerprint density at radius 3 is 2.84 bits per heavy atom. The number of aldehydes is 1. The van der Waals surface area contributed by atoms with E-state index in [1.54, 1.807) is 12.1 Å². The van der Waals surface area contributed by atoms with Crippen LogP contribution in [0.3, 0.4) is 0 Å². The van der Waals surface area contributed by atoms with Crippen LogP contribution in [-0.2, 0) is 11.3 Å². The first-order valence-corrected chi connectivity index (χ1v) is 14.0. The van der Waals surface area contributed by atoms with Gasteiger partial charge in [0, 0.05) is 28.3 Å². The first kappa shape index (κ1) is 27.7. The minimum Gasteiger partial charge on any atom is -0.342 e. The Balaban J connectivity index is 0.000000505. The van der Waals surface area contributed by atoms with Crippen LogP contribution in [-0.4, -0.2) is 57.6 Å². The van der Waals surface area contributed by atoms with Crippen LogP contribution < -0.4 is 16.0 Å². The zero-order chi connectivity index (χ0) is 27.2. The second-order valence-corrected chi connectivity index (χ2v) is 10.3. The maximum Gasteiger partial charge on any atom is 0.277 e. The van der Waals surface area contributed by atoms with E-state index in [0.29, 0.717) is 17.4 Å². The van der Waals surface area contributed by atoms with Crippen molar-refractivity contribution < 1.29 is 18.8 Å². The SMILES string of the molecule is CNCCSC.O=Cc1nc(NC(=O)c2nsc3ccccc23)c2n1CC(=O)NC2c1cc(F)ccc1Cl. The van der Waals surface area contributed by atoms with Gasteiger partial charge < -0.3 is 20.5 Å². The summed E-state index contributed by atoms with van der Waals surface area (Å²) in [7, 11) is 1.97. The molecule has 1 aliphatic rings. The zero-order valence-electron chi connectivity index (χ0n) is 20.5. The highest BCUT2D eigenvalue weighted by Gasteiger charge is 2.34. The molecule has 9 nitrogen and oxygen atoms in total. The van der Waals surface area contributed by atoms with Crippen molar-refractivity contribution in [2.45, 2.75) is 12.6 Å². The van der Waals surface area contributed by atoms with Gasteiger partial charge >= 0.3 is 0 Å². The fraction of sp³-hybridized carbons (Fsp3) is 0.240. The molecule has 2 aromatic carbocycles. The van der Waals surface area contributed by atoms with Crippen molar-refractivity contribution in [3.05, 3.63) is 76.1 Å². The fourth-order valence-corrected chi connectivity index (χ4v) is 5.33. The predicted octanol–water partition coefficient (Wildman–Crippen LogP) is 4.14. The number of hydrogen-bond donors (Lipinski definition) is 3. The third kappa shape index (κ3) is 5.88. The van der Waals surface area contributed by atoms with E-state index in [-0.39, 0.29) is 34.5 Å². The first-order chi connectivity index (χ1) is 18.4. The van der Waals surface area contributed by atoms with E-state index >= 15 is 0 Å². The molecule has 3 heterocycles. The van der Waals surface area contributed by atoms with Gasteiger partial charge in [-0.25, -0.2) is 9.37 Å². The molecule has 5 rings (SSSR count). The van der Waals surface area contributed by atoms with Gasteiger partial charge in [-0.05, 0) is 49.1 Å². The third-order valence-electron chi connectivity index (χ3n) is 5.67. The van der Waals surface area contributed by atoms with E-state index in [4.69, 9.17) is 11.6 Å². The first-order valence-electron chi connectivity index (χ1n) is 11.5. The maximum absolute atomic E-state index is 14.0. The Labute approximate surface area is 231 Å². The highest BCUT2D eigenvalue weighted by atomic mass is 35.5. The molecule has 0 saturated heterocycles. The van der Waals surface area contributed by atoms with Crippen molar-refractivity contribution in [1.82, 2.24) is 24.6 Å². The highest BCUT2D eigenvalue weighted by Crippen LogP contribution is 2.36. The van der Waals surface area contributed by atoms with Gasteiger partial charge in [0.25, 0.3) is 5.91 Å². The van der Waals surface area contributed by atoms with Gasteiger partial charge in [-0.2, -0.15) is 16.1 Å². The van der Waals surface area contributed by atoms with Crippen LogP contribution in [0.1, 0.15) is 38.4 Å². The lowest BCUT2D eigenvalue weighted by molar-refractivity contribution is -0.123. The third-order valence-corrected chi connectivity index (χ3v) is 7.46. The lowest BCUT2D eigenvalue weighted by Crippen LogP contribution is -2.40. The van der Waals surface area contributed by atoms with Crippen molar-refractivity contribution in [1.29, 1.82) is 0 Å². The van der Waals surface area contributed by atoms with Crippen LogP contribution in [0.2, 0.25) is 5.02 Å². The topological polar surface area (TPSA) is 118 Å². The molecule has 0 spiro atoms. The van der Waals surface area contributed by atoms with Gasteiger partial charge in [-0.1, -0.05) is 29.8 Å². The number of fused-ring (bicyclic) bond motifs is 2. The van der Waals surface area contributed by atoms with E-state index in [1.807, 2.05) is 30.9 Å². The van der Waals surface area contributed by atoms with Crippen molar-refractivity contribution in [3.8, 4) is 0 Å². The minimum atomic E-state index is -0.928. The predicted molar refractivity (Wildman–Crippen MR) is 149 cm³/mol. The van der Waals surface area contributed by atoms with Crippen molar-refractivity contribution in [2.75, 3.05) is 30.9 Å². The summed E-state index contributed by atoms with van der Waals surface area (Å²) in [6.07, 6.45) is 2.59. The van der Waals surface area contributed by atoms with Crippen LogP contribution in [0.4, 0.5) is 10.2 Å². The number of anilines is 1. The average Bonchev–Trinajstić information content (AvgIpc) is 3.50. The molecule has 1 unspecified atom stereocenters. The monoisotopic (exact) mass is 574 g/mol. The fourth-order valence-electron chi connectivity index (χ4n) is 3.92. The number of thioether (sulfide) groups is 1. The second-order valence-electron chi connectivity index (χ2n) is 8.15. The van der Waals surface area contributed by atoms with E-state index in [1.165, 1.54) is 40.1 Å². The van der Waals surface area contributed by atoms with Crippen LogP contribution >= 0.6 is 34.9 Å². The molecule has 1 aliphatic heterocycles. The molecule has 0 radical (unpaired) electrons. The number of nitrogens with zero attached hydrogens (tertiary/aromatic N) is 3. The van der Waals surface area contributed by atoms with Crippen LogP contribution in [0, 0.1) is 5.82 Å². The second kappa shape index (κ2) is 12.5. The molecule has 0 saturated carbocycles. The van der Waals surface area contributed by atoms with Crippen LogP contribution in [0.25, 0.3) is 10.1 Å². The molecule has 3 N–H and O–H groups in total. The molecule has 2 aromatic heterocycles. The average molecular weight is 575 g/mol. The summed E-state index contributed by atoms with van der Waals surface area (Å²) < 4.78 is 20.4. The number of carbonyl (C=O) groups is 3. The Morgan fingerprint density at radius 2 is 2.13 bits per heavy atom. The lowest BCUT2D eigenvalue weighted by atomic mass is 10.0. The minimum absolute atomic E-state index is 0.0502. The molecule has 13 heteroatoms. The number of hydrogen-bond acceptors (Lipinski definition) is 8. The number of nitrogens with one attached hydrogen (secondary N) is 3. The Kier molecular flexibility index (Phi) is 9.10. The number of amides is 2. The van der Waals surface area contributed by atoms with E-state index in [0.717, 1.165) is 11.2 Å². The van der Waals surface area contributed by atoms with Gasteiger partial charge in [0.05, 0.1) is 16.4 Å². The summed E-state index contributed by atoms with van der Waals surface area (Å²) >= 11 is 9.32. The molecule has 0 aliphatic carbocycles. The van der Waals surface area contributed by atoms with Crippen molar-refractivity contribution >= 4 is 68.9 Å². The summed E-state index contributed by atoms with van der Waals surface area (Å²) in [5, 5.41) is 9.37. The normalized spacial score (nSPS) is 14.3. The highest BCUT2D eigenvalue weighted by molar-refractivity contribution is 7.98. The largest absolute Gasteiger partial charge is 0.342 e. The number of rotatable bonds is 7. The summed E-state index contributed by atoms with van der Waals surface area (Å²) in [5.41, 5.74) is 0.792. The van der Waals surface area contributed by atoms with E-state index < -0.39 is 23.7 Å². The molecule has 4 aromatic rings. The summed E-state index contributed by atoms with van der Waals surface area (Å²) in [4.78, 5) is 41.2. The number of aromatic nitrogens is 3. The molecular formula is C25H24ClFN6O3S2. The lowest BCUT2D eigenvalue weighted by Gasteiger charge is -2.27. The number of imidazole rings is 1. The van der Waals surface area contributed by atoms with Gasteiger partial charge in [-0.3, -0.25) is 14.4 Å². The molecule has 0 fully saturated rings.